The van der Waals surface area contributed by atoms with Crippen LogP contribution in [0.1, 0.15) is 28.3 Å². The molecule has 0 saturated heterocycles. The summed E-state index contributed by atoms with van der Waals surface area (Å²) >= 11 is 1.75. The minimum atomic E-state index is -0.0482. The third-order valence-corrected chi connectivity index (χ3v) is 4.18. The number of rotatable bonds is 3. The summed E-state index contributed by atoms with van der Waals surface area (Å²) in [5.41, 5.74) is 11.4. The average molecular weight is 257 g/mol. The molecule has 18 heavy (non-hydrogen) atoms. The van der Waals surface area contributed by atoms with Gasteiger partial charge in [-0.2, -0.15) is 0 Å². The number of hydrogen-bond acceptors (Lipinski definition) is 2. The molecule has 1 unspecified atom stereocenters. The molecular formula is C16H19NS. The van der Waals surface area contributed by atoms with Gasteiger partial charge in [-0.3, -0.25) is 0 Å². The maximum atomic E-state index is 6.40. The molecule has 1 atom stereocenters. The van der Waals surface area contributed by atoms with E-state index in [4.69, 9.17) is 5.73 Å². The molecule has 0 bridgehead atoms. The van der Waals surface area contributed by atoms with Gasteiger partial charge in [0.05, 0.1) is 6.04 Å². The van der Waals surface area contributed by atoms with Crippen LogP contribution in [0.5, 0.6) is 0 Å². The molecule has 2 rings (SSSR count). The van der Waals surface area contributed by atoms with Crippen molar-refractivity contribution in [1.29, 1.82) is 0 Å². The molecule has 0 aliphatic carbocycles. The largest absolute Gasteiger partial charge is 0.320 e. The predicted octanol–water partition coefficient (Wildman–Crippen LogP) is 4.07. The van der Waals surface area contributed by atoms with Crippen molar-refractivity contribution in [1.82, 2.24) is 0 Å². The summed E-state index contributed by atoms with van der Waals surface area (Å²) in [5.74, 6) is 0. The monoisotopic (exact) mass is 257 g/mol. The molecule has 0 amide bonds. The van der Waals surface area contributed by atoms with Crippen LogP contribution in [-0.2, 0) is 0 Å². The first-order valence-corrected chi connectivity index (χ1v) is 7.31. The van der Waals surface area contributed by atoms with Crippen LogP contribution in [0.2, 0.25) is 0 Å². The van der Waals surface area contributed by atoms with Crippen LogP contribution in [0.3, 0.4) is 0 Å². The summed E-state index contributed by atoms with van der Waals surface area (Å²) in [5, 5.41) is 0. The fourth-order valence-corrected chi connectivity index (χ4v) is 2.71. The van der Waals surface area contributed by atoms with Crippen molar-refractivity contribution >= 4 is 11.8 Å². The Bertz CT molecular complexity index is 549. The fraction of sp³-hybridized carbons (Fsp3) is 0.250. The lowest BCUT2D eigenvalue weighted by molar-refractivity contribution is 0.846. The molecule has 0 heterocycles. The second kappa shape index (κ2) is 5.59. The lowest BCUT2D eigenvalue weighted by Crippen LogP contribution is -2.13. The molecule has 0 spiro atoms. The van der Waals surface area contributed by atoms with Crippen LogP contribution in [-0.4, -0.2) is 6.26 Å². The second-order valence-electron chi connectivity index (χ2n) is 4.56. The summed E-state index contributed by atoms with van der Waals surface area (Å²) < 4.78 is 0. The van der Waals surface area contributed by atoms with E-state index in [0.29, 0.717) is 0 Å². The van der Waals surface area contributed by atoms with Crippen LogP contribution in [0.15, 0.2) is 47.4 Å². The van der Waals surface area contributed by atoms with Gasteiger partial charge in [-0.1, -0.05) is 36.4 Å². The predicted molar refractivity (Wildman–Crippen MR) is 80.2 cm³/mol. The van der Waals surface area contributed by atoms with E-state index in [2.05, 4.69) is 62.6 Å². The van der Waals surface area contributed by atoms with E-state index in [1.807, 2.05) is 0 Å². The quantitative estimate of drug-likeness (QED) is 0.839. The lowest BCUT2D eigenvalue weighted by atomic mass is 9.96. The van der Waals surface area contributed by atoms with Crippen LogP contribution in [0.4, 0.5) is 0 Å². The van der Waals surface area contributed by atoms with Crippen LogP contribution in [0, 0.1) is 13.8 Å². The van der Waals surface area contributed by atoms with Gasteiger partial charge in [0.25, 0.3) is 0 Å². The molecule has 94 valence electrons. The van der Waals surface area contributed by atoms with E-state index in [-0.39, 0.29) is 6.04 Å². The van der Waals surface area contributed by atoms with Crippen molar-refractivity contribution in [2.75, 3.05) is 6.26 Å². The van der Waals surface area contributed by atoms with E-state index in [1.165, 1.54) is 27.1 Å². The van der Waals surface area contributed by atoms with E-state index < -0.39 is 0 Å². The van der Waals surface area contributed by atoms with Crippen molar-refractivity contribution in [3.05, 3.63) is 64.7 Å². The van der Waals surface area contributed by atoms with Crippen LogP contribution in [0.25, 0.3) is 0 Å². The summed E-state index contributed by atoms with van der Waals surface area (Å²) in [6, 6.07) is 14.8. The highest BCUT2D eigenvalue weighted by Gasteiger charge is 2.12. The van der Waals surface area contributed by atoms with E-state index in [9.17, 15) is 0 Å². The molecule has 2 N–H and O–H groups in total. The van der Waals surface area contributed by atoms with E-state index in [0.717, 1.165) is 0 Å². The Hall–Kier alpha value is -1.25. The number of nitrogens with two attached hydrogens (primary N) is 1. The molecule has 2 aromatic carbocycles. The van der Waals surface area contributed by atoms with Crippen molar-refractivity contribution < 1.29 is 0 Å². The zero-order valence-corrected chi connectivity index (χ0v) is 11.9. The van der Waals surface area contributed by atoms with Gasteiger partial charge in [0.1, 0.15) is 0 Å². The van der Waals surface area contributed by atoms with Crippen molar-refractivity contribution in [3.8, 4) is 0 Å². The van der Waals surface area contributed by atoms with Gasteiger partial charge >= 0.3 is 0 Å². The molecule has 0 aliphatic heterocycles. The lowest BCUT2D eigenvalue weighted by Gasteiger charge is -2.17. The normalized spacial score (nSPS) is 12.4. The van der Waals surface area contributed by atoms with Crippen molar-refractivity contribution in [3.63, 3.8) is 0 Å². The Morgan fingerprint density at radius 1 is 1.00 bits per heavy atom. The van der Waals surface area contributed by atoms with Gasteiger partial charge in [-0.15, -0.1) is 11.8 Å². The van der Waals surface area contributed by atoms with E-state index >= 15 is 0 Å². The first-order chi connectivity index (χ1) is 8.63. The molecular weight excluding hydrogens is 238 g/mol. The van der Waals surface area contributed by atoms with Crippen molar-refractivity contribution in [2.45, 2.75) is 24.8 Å². The Morgan fingerprint density at radius 3 is 2.39 bits per heavy atom. The van der Waals surface area contributed by atoms with Crippen LogP contribution >= 0.6 is 11.8 Å². The molecule has 0 saturated carbocycles. The van der Waals surface area contributed by atoms with Gasteiger partial charge in [0.15, 0.2) is 0 Å². The van der Waals surface area contributed by atoms with Crippen LogP contribution < -0.4 is 5.73 Å². The Balaban J connectivity index is 2.41. The third kappa shape index (κ3) is 2.60. The Morgan fingerprint density at radius 2 is 1.72 bits per heavy atom. The number of benzene rings is 2. The summed E-state index contributed by atoms with van der Waals surface area (Å²) in [4.78, 5) is 1.25. The topological polar surface area (TPSA) is 26.0 Å². The summed E-state index contributed by atoms with van der Waals surface area (Å²) in [6.07, 6.45) is 2.09. The molecule has 2 heteroatoms. The zero-order chi connectivity index (χ0) is 13.1. The first kappa shape index (κ1) is 13.2. The number of hydrogen-bond donors (Lipinski definition) is 1. The molecule has 1 nitrogen and oxygen atoms in total. The third-order valence-electron chi connectivity index (χ3n) is 3.36. The van der Waals surface area contributed by atoms with Gasteiger partial charge in [-0.25, -0.2) is 0 Å². The van der Waals surface area contributed by atoms with E-state index in [1.54, 1.807) is 11.8 Å². The van der Waals surface area contributed by atoms with Gasteiger partial charge in [0, 0.05) is 4.90 Å². The molecule has 0 aromatic heterocycles. The van der Waals surface area contributed by atoms with Gasteiger partial charge in [0.2, 0.25) is 0 Å². The van der Waals surface area contributed by atoms with Crippen molar-refractivity contribution in [2.24, 2.45) is 5.73 Å². The Labute approximate surface area is 113 Å². The minimum absolute atomic E-state index is 0.0482. The highest BCUT2D eigenvalue weighted by atomic mass is 32.2. The SMILES string of the molecule is CSc1ccccc1C(N)c1ccc(C)c(C)c1. The van der Waals surface area contributed by atoms with Gasteiger partial charge < -0.3 is 5.73 Å². The first-order valence-electron chi connectivity index (χ1n) is 6.09. The highest BCUT2D eigenvalue weighted by molar-refractivity contribution is 7.98. The second-order valence-corrected chi connectivity index (χ2v) is 5.41. The van der Waals surface area contributed by atoms with Gasteiger partial charge in [-0.05, 0) is 48.4 Å². The molecule has 0 radical (unpaired) electrons. The number of aryl methyl sites for hydroxylation is 2. The molecule has 2 aromatic rings. The maximum absolute atomic E-state index is 6.40. The average Bonchev–Trinajstić information content (AvgIpc) is 2.41. The number of thioether (sulfide) groups is 1. The highest BCUT2D eigenvalue weighted by Crippen LogP contribution is 2.29. The standard InChI is InChI=1S/C16H19NS/c1-11-8-9-13(10-12(11)2)16(17)14-6-4-5-7-15(14)18-3/h4-10,16H,17H2,1-3H3. The maximum Gasteiger partial charge on any atom is 0.0562 e. The summed E-state index contributed by atoms with van der Waals surface area (Å²) in [6.45, 7) is 4.26. The minimum Gasteiger partial charge on any atom is -0.320 e. The fourth-order valence-electron chi connectivity index (χ4n) is 2.06. The Kier molecular flexibility index (Phi) is 4.10. The molecule has 0 aliphatic rings. The summed E-state index contributed by atoms with van der Waals surface area (Å²) in [7, 11) is 0. The molecule has 0 fully saturated rings. The zero-order valence-electron chi connectivity index (χ0n) is 11.1. The smallest absolute Gasteiger partial charge is 0.0562 e.